The molecule has 0 amide bonds. The Balaban J connectivity index is 2.18. The van der Waals surface area contributed by atoms with Crippen molar-refractivity contribution >= 4 is 17.5 Å². The molecule has 0 bridgehead atoms. The van der Waals surface area contributed by atoms with Crippen molar-refractivity contribution in [3.8, 4) is 0 Å². The molecule has 0 saturated heterocycles. The summed E-state index contributed by atoms with van der Waals surface area (Å²) in [7, 11) is 0. The molecule has 0 spiro atoms. The summed E-state index contributed by atoms with van der Waals surface area (Å²) in [4.78, 5) is 11.1. The minimum atomic E-state index is 0.482. The fourth-order valence-electron chi connectivity index (χ4n) is 1.58. The standard InChI is InChI=1S/C10H18OS/c1-8(2)12-7-9-4-3-5-10(11)6-9/h8-9H,3-7H2,1-2H3. The molecular weight excluding hydrogens is 168 g/mol. The van der Waals surface area contributed by atoms with Crippen LogP contribution < -0.4 is 0 Å². The first-order valence-corrected chi connectivity index (χ1v) is 5.86. The summed E-state index contributed by atoms with van der Waals surface area (Å²) in [6.07, 6.45) is 4.08. The van der Waals surface area contributed by atoms with Gasteiger partial charge in [-0.15, -0.1) is 0 Å². The molecule has 1 saturated carbocycles. The van der Waals surface area contributed by atoms with Crippen LogP contribution in [0.25, 0.3) is 0 Å². The van der Waals surface area contributed by atoms with Crippen LogP contribution in [0.5, 0.6) is 0 Å². The molecule has 0 radical (unpaired) electrons. The Morgan fingerprint density at radius 3 is 2.92 bits per heavy atom. The van der Waals surface area contributed by atoms with Crippen LogP contribution in [0.4, 0.5) is 0 Å². The van der Waals surface area contributed by atoms with Gasteiger partial charge in [0.15, 0.2) is 0 Å². The van der Waals surface area contributed by atoms with Crippen LogP contribution in [0.15, 0.2) is 0 Å². The molecule has 0 aromatic heterocycles. The number of rotatable bonds is 3. The molecule has 0 aromatic rings. The topological polar surface area (TPSA) is 17.1 Å². The normalized spacial score (nSPS) is 24.9. The van der Waals surface area contributed by atoms with E-state index in [0.717, 1.165) is 19.3 Å². The first-order chi connectivity index (χ1) is 5.68. The van der Waals surface area contributed by atoms with Crippen LogP contribution >= 0.6 is 11.8 Å². The van der Waals surface area contributed by atoms with Gasteiger partial charge in [0, 0.05) is 12.8 Å². The van der Waals surface area contributed by atoms with Gasteiger partial charge < -0.3 is 0 Å². The summed E-state index contributed by atoms with van der Waals surface area (Å²) >= 11 is 1.99. The predicted octanol–water partition coefficient (Wildman–Crippen LogP) is 2.89. The first kappa shape index (κ1) is 10.1. The second-order valence-electron chi connectivity index (χ2n) is 3.88. The fourth-order valence-corrected chi connectivity index (χ4v) is 2.53. The van der Waals surface area contributed by atoms with Crippen molar-refractivity contribution in [1.82, 2.24) is 0 Å². The van der Waals surface area contributed by atoms with Crippen LogP contribution in [0.1, 0.15) is 39.5 Å². The minimum absolute atomic E-state index is 0.482. The summed E-state index contributed by atoms with van der Waals surface area (Å²) in [5.74, 6) is 2.35. The average molecular weight is 186 g/mol. The van der Waals surface area contributed by atoms with E-state index in [1.807, 2.05) is 11.8 Å². The molecule has 70 valence electrons. The third kappa shape index (κ3) is 3.61. The fraction of sp³-hybridized carbons (Fsp3) is 0.900. The van der Waals surface area contributed by atoms with E-state index in [1.54, 1.807) is 0 Å². The molecule has 0 aliphatic heterocycles. The van der Waals surface area contributed by atoms with E-state index in [1.165, 1.54) is 12.2 Å². The van der Waals surface area contributed by atoms with E-state index in [0.29, 0.717) is 17.0 Å². The number of thioether (sulfide) groups is 1. The van der Waals surface area contributed by atoms with Gasteiger partial charge in [0.1, 0.15) is 5.78 Å². The molecule has 1 nitrogen and oxygen atoms in total. The third-order valence-corrected chi connectivity index (χ3v) is 3.58. The van der Waals surface area contributed by atoms with Crippen molar-refractivity contribution in [2.24, 2.45) is 5.92 Å². The number of carbonyl (C=O) groups is 1. The van der Waals surface area contributed by atoms with Crippen molar-refractivity contribution in [1.29, 1.82) is 0 Å². The maximum absolute atomic E-state index is 11.1. The van der Waals surface area contributed by atoms with E-state index >= 15 is 0 Å². The smallest absolute Gasteiger partial charge is 0.133 e. The highest BCUT2D eigenvalue weighted by Crippen LogP contribution is 2.26. The Morgan fingerprint density at radius 2 is 2.33 bits per heavy atom. The Labute approximate surface area is 79.3 Å². The molecule has 1 atom stereocenters. The van der Waals surface area contributed by atoms with Gasteiger partial charge in [-0.25, -0.2) is 0 Å². The lowest BCUT2D eigenvalue weighted by Crippen LogP contribution is -2.17. The number of hydrogen-bond donors (Lipinski definition) is 0. The molecule has 2 heteroatoms. The van der Waals surface area contributed by atoms with Crippen LogP contribution in [0.3, 0.4) is 0 Å². The second kappa shape index (κ2) is 4.90. The lowest BCUT2D eigenvalue weighted by molar-refractivity contribution is -0.121. The van der Waals surface area contributed by atoms with Crippen LogP contribution in [-0.2, 0) is 4.79 Å². The van der Waals surface area contributed by atoms with E-state index in [-0.39, 0.29) is 0 Å². The van der Waals surface area contributed by atoms with Gasteiger partial charge in [-0.3, -0.25) is 4.79 Å². The van der Waals surface area contributed by atoms with Gasteiger partial charge in [-0.05, 0) is 29.8 Å². The summed E-state index contributed by atoms with van der Waals surface area (Å²) in [5, 5.41) is 0.710. The van der Waals surface area contributed by atoms with Crippen LogP contribution in [-0.4, -0.2) is 16.8 Å². The lowest BCUT2D eigenvalue weighted by Gasteiger charge is -2.20. The molecule has 1 rings (SSSR count). The molecule has 1 aliphatic carbocycles. The molecule has 0 aromatic carbocycles. The van der Waals surface area contributed by atoms with Gasteiger partial charge in [-0.1, -0.05) is 13.8 Å². The average Bonchev–Trinajstić information content (AvgIpc) is 2.01. The Morgan fingerprint density at radius 1 is 1.58 bits per heavy atom. The highest BCUT2D eigenvalue weighted by molar-refractivity contribution is 7.99. The highest BCUT2D eigenvalue weighted by atomic mass is 32.2. The summed E-state index contributed by atoms with van der Waals surface area (Å²) in [5.41, 5.74) is 0. The Hall–Kier alpha value is 0.0200. The molecule has 12 heavy (non-hydrogen) atoms. The Kier molecular flexibility index (Phi) is 4.13. The molecule has 1 fully saturated rings. The van der Waals surface area contributed by atoms with Gasteiger partial charge in [0.2, 0.25) is 0 Å². The first-order valence-electron chi connectivity index (χ1n) is 4.82. The molecule has 1 aliphatic rings. The zero-order valence-corrected chi connectivity index (χ0v) is 8.82. The number of ketones is 1. The maximum atomic E-state index is 11.1. The minimum Gasteiger partial charge on any atom is -0.300 e. The SMILES string of the molecule is CC(C)SCC1CCCC(=O)C1. The number of carbonyl (C=O) groups excluding carboxylic acids is 1. The van der Waals surface area contributed by atoms with E-state index < -0.39 is 0 Å². The van der Waals surface area contributed by atoms with Gasteiger partial charge in [0.25, 0.3) is 0 Å². The second-order valence-corrected chi connectivity index (χ2v) is 5.49. The van der Waals surface area contributed by atoms with E-state index in [4.69, 9.17) is 0 Å². The summed E-state index contributed by atoms with van der Waals surface area (Å²) < 4.78 is 0. The van der Waals surface area contributed by atoms with Crippen molar-refractivity contribution in [3.05, 3.63) is 0 Å². The molecule has 0 heterocycles. The van der Waals surface area contributed by atoms with Gasteiger partial charge in [0.05, 0.1) is 0 Å². The lowest BCUT2D eigenvalue weighted by atomic mass is 9.90. The van der Waals surface area contributed by atoms with Crippen molar-refractivity contribution in [2.75, 3.05) is 5.75 Å². The Bertz CT molecular complexity index is 154. The molecule has 0 N–H and O–H groups in total. The van der Waals surface area contributed by atoms with E-state index in [9.17, 15) is 4.79 Å². The highest BCUT2D eigenvalue weighted by Gasteiger charge is 2.19. The number of hydrogen-bond acceptors (Lipinski definition) is 2. The largest absolute Gasteiger partial charge is 0.300 e. The van der Waals surface area contributed by atoms with Gasteiger partial charge in [-0.2, -0.15) is 11.8 Å². The van der Waals surface area contributed by atoms with Gasteiger partial charge >= 0.3 is 0 Å². The molecule has 1 unspecified atom stereocenters. The predicted molar refractivity (Wildman–Crippen MR) is 54.6 cm³/mol. The van der Waals surface area contributed by atoms with Crippen LogP contribution in [0.2, 0.25) is 0 Å². The van der Waals surface area contributed by atoms with Crippen molar-refractivity contribution in [3.63, 3.8) is 0 Å². The van der Waals surface area contributed by atoms with Crippen molar-refractivity contribution in [2.45, 2.75) is 44.8 Å². The quantitative estimate of drug-likeness (QED) is 0.674. The molecular formula is C10H18OS. The van der Waals surface area contributed by atoms with Crippen LogP contribution in [0, 0.1) is 5.92 Å². The zero-order valence-electron chi connectivity index (χ0n) is 8.01. The summed E-state index contributed by atoms with van der Waals surface area (Å²) in [6, 6.07) is 0. The monoisotopic (exact) mass is 186 g/mol. The zero-order chi connectivity index (χ0) is 8.97. The summed E-state index contributed by atoms with van der Waals surface area (Å²) in [6.45, 7) is 4.44. The van der Waals surface area contributed by atoms with E-state index in [2.05, 4.69) is 13.8 Å². The third-order valence-electron chi connectivity index (χ3n) is 2.25. The van der Waals surface area contributed by atoms with Crippen molar-refractivity contribution < 1.29 is 4.79 Å². The number of Topliss-reactive ketones (excluding diaryl/α,β-unsaturated/α-hetero) is 1. The maximum Gasteiger partial charge on any atom is 0.133 e.